The molecule has 0 bridgehead atoms. The van der Waals surface area contributed by atoms with Crippen LogP contribution >= 0.6 is 0 Å². The summed E-state index contributed by atoms with van der Waals surface area (Å²) in [4.78, 5) is 27.6. The fourth-order valence-corrected chi connectivity index (χ4v) is 5.41. The number of ketones is 1. The van der Waals surface area contributed by atoms with E-state index in [0.29, 0.717) is 34.4 Å². The molecule has 0 aromatic heterocycles. The number of benzene rings is 3. The number of carbonyl (C=O) groups is 2. The summed E-state index contributed by atoms with van der Waals surface area (Å²) in [6.45, 7) is 6.47. The van der Waals surface area contributed by atoms with E-state index in [9.17, 15) is 9.59 Å². The van der Waals surface area contributed by atoms with Crippen LogP contribution in [0.3, 0.4) is 0 Å². The minimum Gasteiger partial charge on any atom is -0.439 e. The van der Waals surface area contributed by atoms with Crippen LogP contribution in [0, 0.1) is 17.8 Å². The van der Waals surface area contributed by atoms with Crippen molar-refractivity contribution in [3.8, 4) is 0 Å². The van der Waals surface area contributed by atoms with Crippen LogP contribution in [0.1, 0.15) is 61.5 Å². The molecule has 0 N–H and O–H groups in total. The largest absolute Gasteiger partial charge is 0.439 e. The lowest BCUT2D eigenvalue weighted by Gasteiger charge is -2.37. The molecule has 1 fully saturated rings. The maximum atomic E-state index is 14.2. The molecule has 1 saturated carbocycles. The predicted molar refractivity (Wildman–Crippen MR) is 142 cm³/mol. The molecule has 0 radical (unpaired) electrons. The van der Waals surface area contributed by atoms with Gasteiger partial charge in [0.15, 0.2) is 0 Å². The van der Waals surface area contributed by atoms with Gasteiger partial charge >= 0.3 is 5.97 Å². The first-order valence-electron chi connectivity index (χ1n) is 13.0. The number of carbonyl (C=O) groups excluding carboxylic acids is 2. The van der Waals surface area contributed by atoms with E-state index >= 15 is 0 Å². The molecule has 3 atom stereocenters. The van der Waals surface area contributed by atoms with Crippen molar-refractivity contribution in [2.45, 2.75) is 51.7 Å². The van der Waals surface area contributed by atoms with Gasteiger partial charge in [0.2, 0.25) is 11.4 Å². The van der Waals surface area contributed by atoms with Gasteiger partial charge in [0.1, 0.15) is 6.61 Å². The highest BCUT2D eigenvalue weighted by Gasteiger charge is 2.46. The summed E-state index contributed by atoms with van der Waals surface area (Å²) in [5.41, 5.74) is 0.0520. The lowest BCUT2D eigenvalue weighted by molar-refractivity contribution is -0.163. The number of hydrogen-bond acceptors (Lipinski definition) is 4. The van der Waals surface area contributed by atoms with Crippen LogP contribution < -0.4 is 0 Å². The SMILES string of the molecule is CC(C)[C@@H]1CC[C@@H](C)C[C@H]1OCC(=O)OC(C(=O)c1ccccc1)(c1ccccc1)c1ccccc1. The Hall–Kier alpha value is -3.24. The molecule has 3 aromatic carbocycles. The van der Waals surface area contributed by atoms with Crippen molar-refractivity contribution >= 4 is 11.8 Å². The zero-order valence-corrected chi connectivity index (χ0v) is 21.4. The molecule has 0 amide bonds. The minimum atomic E-state index is -1.62. The normalized spacial score (nSPS) is 20.2. The van der Waals surface area contributed by atoms with Crippen molar-refractivity contribution < 1.29 is 19.1 Å². The second-order valence-corrected chi connectivity index (χ2v) is 10.3. The highest BCUT2D eigenvalue weighted by atomic mass is 16.6. The molecule has 4 nitrogen and oxygen atoms in total. The number of rotatable bonds is 9. The molecule has 4 heteroatoms. The average Bonchev–Trinajstić information content (AvgIpc) is 2.91. The standard InChI is InChI=1S/C32H36O4/c1-23(2)28-20-19-24(3)21-29(28)35-22-30(33)36-32(26-15-9-5-10-16-26,27-17-11-6-12-18-27)31(34)25-13-7-4-8-14-25/h4-18,23-24,28-29H,19-22H2,1-3H3/t24-,28+,29-/m1/s1. The van der Waals surface area contributed by atoms with E-state index in [1.165, 1.54) is 6.42 Å². The number of ether oxygens (including phenoxy) is 2. The summed E-state index contributed by atoms with van der Waals surface area (Å²) in [6, 6.07) is 27.5. The monoisotopic (exact) mass is 484 g/mol. The Morgan fingerprint density at radius 2 is 1.36 bits per heavy atom. The molecule has 3 aromatic rings. The Bertz CT molecular complexity index is 1090. The van der Waals surface area contributed by atoms with Crippen LogP contribution in [0.2, 0.25) is 0 Å². The quantitative estimate of drug-likeness (QED) is 0.247. The van der Waals surface area contributed by atoms with E-state index in [1.54, 1.807) is 12.1 Å². The molecule has 4 rings (SSSR count). The summed E-state index contributed by atoms with van der Waals surface area (Å²) >= 11 is 0. The molecule has 0 aliphatic heterocycles. The van der Waals surface area contributed by atoms with Crippen LogP contribution in [-0.2, 0) is 19.9 Å². The summed E-state index contributed by atoms with van der Waals surface area (Å²) in [6.07, 6.45) is 3.23. The van der Waals surface area contributed by atoms with Gasteiger partial charge in [-0.3, -0.25) is 4.79 Å². The van der Waals surface area contributed by atoms with E-state index in [0.717, 1.165) is 12.8 Å². The molecular formula is C32H36O4. The van der Waals surface area contributed by atoms with E-state index in [-0.39, 0.29) is 18.5 Å². The Kier molecular flexibility index (Phi) is 8.37. The molecule has 0 unspecified atom stereocenters. The van der Waals surface area contributed by atoms with Gasteiger partial charge in [-0.15, -0.1) is 0 Å². The molecule has 0 heterocycles. The van der Waals surface area contributed by atoms with Crippen molar-refractivity contribution in [2.75, 3.05) is 6.61 Å². The molecule has 1 aliphatic carbocycles. The Balaban J connectivity index is 1.68. The van der Waals surface area contributed by atoms with Gasteiger partial charge in [0.25, 0.3) is 0 Å². The van der Waals surface area contributed by atoms with Crippen molar-refractivity contribution in [3.05, 3.63) is 108 Å². The lowest BCUT2D eigenvalue weighted by Crippen LogP contribution is -2.43. The lowest BCUT2D eigenvalue weighted by atomic mass is 9.75. The minimum absolute atomic E-state index is 0.00831. The van der Waals surface area contributed by atoms with Gasteiger partial charge in [-0.25, -0.2) is 4.79 Å². The third-order valence-corrected chi connectivity index (χ3v) is 7.36. The van der Waals surface area contributed by atoms with E-state index in [1.807, 2.05) is 78.9 Å². The molecule has 188 valence electrons. The number of hydrogen-bond donors (Lipinski definition) is 0. The Labute approximate surface area is 214 Å². The highest BCUT2D eigenvalue weighted by Crippen LogP contribution is 2.38. The average molecular weight is 485 g/mol. The van der Waals surface area contributed by atoms with Crippen molar-refractivity contribution in [1.29, 1.82) is 0 Å². The van der Waals surface area contributed by atoms with Crippen LogP contribution in [-0.4, -0.2) is 24.5 Å². The van der Waals surface area contributed by atoms with E-state index < -0.39 is 11.6 Å². The van der Waals surface area contributed by atoms with Gasteiger partial charge < -0.3 is 9.47 Å². The van der Waals surface area contributed by atoms with Gasteiger partial charge in [0.05, 0.1) is 6.10 Å². The van der Waals surface area contributed by atoms with Crippen LogP contribution in [0.25, 0.3) is 0 Å². The summed E-state index contributed by atoms with van der Waals surface area (Å²) in [5, 5.41) is 0. The number of esters is 1. The highest BCUT2D eigenvalue weighted by molar-refractivity contribution is 6.06. The molecule has 0 saturated heterocycles. The van der Waals surface area contributed by atoms with Gasteiger partial charge in [0, 0.05) is 16.7 Å². The van der Waals surface area contributed by atoms with Gasteiger partial charge in [-0.05, 0) is 30.6 Å². The van der Waals surface area contributed by atoms with Crippen LogP contribution in [0.4, 0.5) is 0 Å². The Morgan fingerprint density at radius 3 is 1.89 bits per heavy atom. The maximum absolute atomic E-state index is 14.2. The van der Waals surface area contributed by atoms with E-state index in [2.05, 4.69) is 20.8 Å². The third kappa shape index (κ3) is 5.60. The molecule has 1 aliphatic rings. The fraction of sp³-hybridized carbons (Fsp3) is 0.375. The Morgan fingerprint density at radius 1 is 0.833 bits per heavy atom. The first kappa shape index (κ1) is 25.8. The zero-order valence-electron chi connectivity index (χ0n) is 21.4. The van der Waals surface area contributed by atoms with E-state index in [4.69, 9.17) is 9.47 Å². The van der Waals surface area contributed by atoms with Gasteiger partial charge in [-0.1, -0.05) is 118 Å². The van der Waals surface area contributed by atoms with Crippen LogP contribution in [0.15, 0.2) is 91.0 Å². The smallest absolute Gasteiger partial charge is 0.333 e. The second kappa shape index (κ2) is 11.7. The van der Waals surface area contributed by atoms with Crippen molar-refractivity contribution in [2.24, 2.45) is 17.8 Å². The molecule has 0 spiro atoms. The second-order valence-electron chi connectivity index (χ2n) is 10.3. The fourth-order valence-electron chi connectivity index (χ4n) is 5.41. The zero-order chi connectivity index (χ0) is 25.5. The van der Waals surface area contributed by atoms with Gasteiger partial charge in [-0.2, -0.15) is 0 Å². The van der Waals surface area contributed by atoms with Crippen molar-refractivity contribution in [1.82, 2.24) is 0 Å². The third-order valence-electron chi connectivity index (χ3n) is 7.36. The molecular weight excluding hydrogens is 448 g/mol. The van der Waals surface area contributed by atoms with Crippen LogP contribution in [0.5, 0.6) is 0 Å². The summed E-state index contributed by atoms with van der Waals surface area (Å²) in [7, 11) is 0. The summed E-state index contributed by atoms with van der Waals surface area (Å²) < 4.78 is 12.4. The summed E-state index contributed by atoms with van der Waals surface area (Å²) in [5.74, 6) is 0.611. The first-order valence-corrected chi connectivity index (χ1v) is 13.0. The topological polar surface area (TPSA) is 52.6 Å². The maximum Gasteiger partial charge on any atom is 0.333 e. The van der Waals surface area contributed by atoms with Crippen molar-refractivity contribution in [3.63, 3.8) is 0 Å². The molecule has 36 heavy (non-hydrogen) atoms. The predicted octanol–water partition coefficient (Wildman–Crippen LogP) is 6.83. The first-order chi connectivity index (χ1) is 17.4. The number of Topliss-reactive ketones (excluding diaryl/α,β-unsaturated/α-hetero) is 1.